The predicted octanol–water partition coefficient (Wildman–Crippen LogP) is 3.92. The van der Waals surface area contributed by atoms with Crippen LogP contribution in [0.25, 0.3) is 0 Å². The highest BCUT2D eigenvalue weighted by Gasteiger charge is 2.10. The van der Waals surface area contributed by atoms with Gasteiger partial charge in [-0.25, -0.2) is 9.78 Å². The quantitative estimate of drug-likeness (QED) is 0.908. The second-order valence-corrected chi connectivity index (χ2v) is 6.71. The van der Waals surface area contributed by atoms with Gasteiger partial charge in [0, 0.05) is 18.5 Å². The molecule has 0 spiro atoms. The highest BCUT2D eigenvalue weighted by molar-refractivity contribution is 7.09. The van der Waals surface area contributed by atoms with Gasteiger partial charge in [0.1, 0.15) is 0 Å². The van der Waals surface area contributed by atoms with E-state index >= 15 is 0 Å². The first-order valence-electron chi connectivity index (χ1n) is 7.44. The Kier molecular flexibility index (Phi) is 5.55. The fourth-order valence-electron chi connectivity index (χ4n) is 2.14. The third-order valence-corrected chi connectivity index (χ3v) is 4.59. The number of nitrogens with one attached hydrogen (secondary N) is 1. The monoisotopic (exact) mass is 317 g/mol. The maximum atomic E-state index is 12.1. The number of carbonyl (C=O) groups excluding carboxylic acids is 1. The molecule has 4 nitrogen and oxygen atoms in total. The number of hydrogen-bond donors (Lipinski definition) is 1. The van der Waals surface area contributed by atoms with Crippen molar-refractivity contribution >= 4 is 17.4 Å². The topological polar surface area (TPSA) is 45.2 Å². The number of carbonyl (C=O) groups is 1. The number of hydrogen-bond acceptors (Lipinski definition) is 3. The minimum atomic E-state index is -0.0688. The highest BCUT2D eigenvalue weighted by Crippen LogP contribution is 2.15. The van der Waals surface area contributed by atoms with E-state index in [2.05, 4.69) is 48.4 Å². The molecule has 2 amide bonds. The molecule has 0 aliphatic heterocycles. The van der Waals surface area contributed by atoms with Gasteiger partial charge in [-0.2, -0.15) is 0 Å². The van der Waals surface area contributed by atoms with E-state index in [1.807, 2.05) is 14.0 Å². The summed E-state index contributed by atoms with van der Waals surface area (Å²) in [5, 5.41) is 2.93. The van der Waals surface area contributed by atoms with Crippen LogP contribution < -0.4 is 5.32 Å². The van der Waals surface area contributed by atoms with Crippen LogP contribution in [0.1, 0.15) is 41.5 Å². The molecule has 5 heteroatoms. The summed E-state index contributed by atoms with van der Waals surface area (Å²) in [6.45, 7) is 7.45. The summed E-state index contributed by atoms with van der Waals surface area (Å²) >= 11 is 1.57. The molecule has 0 atom stereocenters. The minimum absolute atomic E-state index is 0.0688. The molecule has 1 aromatic carbocycles. The van der Waals surface area contributed by atoms with Gasteiger partial charge in [-0.05, 0) is 24.0 Å². The van der Waals surface area contributed by atoms with Crippen LogP contribution in [0.4, 0.5) is 4.79 Å². The van der Waals surface area contributed by atoms with Crippen LogP contribution in [0, 0.1) is 6.92 Å². The molecule has 2 aromatic rings. The largest absolute Gasteiger partial charge is 0.333 e. The lowest BCUT2D eigenvalue weighted by Gasteiger charge is -2.18. The molecule has 1 heterocycles. The second kappa shape index (κ2) is 7.40. The summed E-state index contributed by atoms with van der Waals surface area (Å²) in [6.07, 6.45) is 0. The zero-order valence-electron chi connectivity index (χ0n) is 13.6. The molecule has 0 aliphatic carbocycles. The molecule has 2 rings (SSSR count). The summed E-state index contributed by atoms with van der Waals surface area (Å²) in [5.74, 6) is 0.526. The van der Waals surface area contributed by atoms with Crippen LogP contribution in [0.5, 0.6) is 0 Å². The number of amides is 2. The summed E-state index contributed by atoms with van der Waals surface area (Å²) in [5.41, 5.74) is 5.24. The lowest BCUT2D eigenvalue weighted by atomic mass is 10.0. The first-order chi connectivity index (χ1) is 10.5. The third kappa shape index (κ3) is 4.31. The van der Waals surface area contributed by atoms with Crippen LogP contribution in [0.2, 0.25) is 0 Å². The first kappa shape index (κ1) is 16.5. The molecule has 1 N–H and O–H groups in total. The van der Waals surface area contributed by atoms with Crippen molar-refractivity contribution in [3.63, 3.8) is 0 Å². The zero-order chi connectivity index (χ0) is 16.1. The fraction of sp³-hybridized carbons (Fsp3) is 0.412. The molecule has 0 aliphatic rings. The standard InChI is InChI=1S/C17H23N3OS/c1-12(2)15-7-5-14(6-8-15)10-20(4)17(21)18-9-16-13(3)19-11-22-16/h5-8,11-12H,9-10H2,1-4H3,(H,18,21). The second-order valence-electron chi connectivity index (χ2n) is 5.77. The number of nitrogens with zero attached hydrogens (tertiary/aromatic N) is 2. The van der Waals surface area contributed by atoms with E-state index in [4.69, 9.17) is 0 Å². The molecule has 1 aromatic heterocycles. The first-order valence-corrected chi connectivity index (χ1v) is 8.32. The van der Waals surface area contributed by atoms with E-state index < -0.39 is 0 Å². The van der Waals surface area contributed by atoms with Crippen molar-refractivity contribution in [2.75, 3.05) is 7.05 Å². The van der Waals surface area contributed by atoms with Gasteiger partial charge in [0.05, 0.1) is 17.7 Å². The molecule has 0 radical (unpaired) electrons. The van der Waals surface area contributed by atoms with Gasteiger partial charge in [-0.15, -0.1) is 11.3 Å². The van der Waals surface area contributed by atoms with Crippen LogP contribution in [0.15, 0.2) is 29.8 Å². The summed E-state index contributed by atoms with van der Waals surface area (Å²) in [6, 6.07) is 8.37. The summed E-state index contributed by atoms with van der Waals surface area (Å²) in [7, 11) is 1.81. The van der Waals surface area contributed by atoms with Crippen LogP contribution >= 0.6 is 11.3 Å². The lowest BCUT2D eigenvalue weighted by molar-refractivity contribution is 0.206. The number of urea groups is 1. The van der Waals surface area contributed by atoms with Crippen LogP contribution in [-0.4, -0.2) is 23.0 Å². The number of rotatable bonds is 5. The maximum Gasteiger partial charge on any atom is 0.317 e. The molecule has 0 saturated heterocycles. The van der Waals surface area contributed by atoms with E-state index in [0.717, 1.165) is 16.1 Å². The maximum absolute atomic E-state index is 12.1. The smallest absolute Gasteiger partial charge is 0.317 e. The Bertz CT molecular complexity index is 619. The Morgan fingerprint density at radius 2 is 2.00 bits per heavy atom. The van der Waals surface area contributed by atoms with Crippen molar-refractivity contribution in [2.24, 2.45) is 0 Å². The van der Waals surface area contributed by atoms with E-state index in [-0.39, 0.29) is 6.03 Å². The van der Waals surface area contributed by atoms with Gasteiger partial charge in [0.15, 0.2) is 0 Å². The Labute approximate surface area is 136 Å². The molecule has 0 bridgehead atoms. The summed E-state index contributed by atoms with van der Waals surface area (Å²) in [4.78, 5) is 19.1. The SMILES string of the molecule is Cc1ncsc1CNC(=O)N(C)Cc1ccc(C(C)C)cc1. The van der Waals surface area contributed by atoms with Crippen molar-refractivity contribution in [1.29, 1.82) is 0 Å². The minimum Gasteiger partial charge on any atom is -0.333 e. The Morgan fingerprint density at radius 1 is 1.32 bits per heavy atom. The van der Waals surface area contributed by atoms with E-state index in [9.17, 15) is 4.79 Å². The average Bonchev–Trinajstić information content (AvgIpc) is 2.90. The van der Waals surface area contributed by atoms with Crippen LogP contribution in [0.3, 0.4) is 0 Å². The molecule has 118 valence electrons. The van der Waals surface area contributed by atoms with Gasteiger partial charge in [0.2, 0.25) is 0 Å². The average molecular weight is 317 g/mol. The zero-order valence-corrected chi connectivity index (χ0v) is 14.4. The molecular weight excluding hydrogens is 294 g/mol. The van der Waals surface area contributed by atoms with E-state index in [0.29, 0.717) is 19.0 Å². The predicted molar refractivity (Wildman–Crippen MR) is 91.1 cm³/mol. The third-order valence-electron chi connectivity index (χ3n) is 3.66. The number of aromatic nitrogens is 1. The Hall–Kier alpha value is -1.88. The van der Waals surface area contributed by atoms with Crippen molar-refractivity contribution in [3.05, 3.63) is 51.5 Å². The van der Waals surface area contributed by atoms with E-state index in [1.165, 1.54) is 5.56 Å². The van der Waals surface area contributed by atoms with Gasteiger partial charge < -0.3 is 10.2 Å². The molecule has 0 saturated carbocycles. The number of benzene rings is 1. The Morgan fingerprint density at radius 3 is 2.55 bits per heavy atom. The number of aryl methyl sites for hydroxylation is 1. The van der Waals surface area contributed by atoms with Gasteiger partial charge in [-0.3, -0.25) is 0 Å². The molecule has 0 fully saturated rings. The normalized spacial score (nSPS) is 10.8. The van der Waals surface area contributed by atoms with Crippen molar-refractivity contribution in [2.45, 2.75) is 39.8 Å². The van der Waals surface area contributed by atoms with Gasteiger partial charge >= 0.3 is 6.03 Å². The molecule has 0 unspecified atom stereocenters. The highest BCUT2D eigenvalue weighted by atomic mass is 32.1. The lowest BCUT2D eigenvalue weighted by Crippen LogP contribution is -2.36. The van der Waals surface area contributed by atoms with Gasteiger partial charge in [0.25, 0.3) is 0 Å². The molecular formula is C17H23N3OS. The van der Waals surface area contributed by atoms with Crippen molar-refractivity contribution in [1.82, 2.24) is 15.2 Å². The van der Waals surface area contributed by atoms with Gasteiger partial charge in [-0.1, -0.05) is 38.1 Å². The van der Waals surface area contributed by atoms with Crippen molar-refractivity contribution in [3.8, 4) is 0 Å². The number of thiazole rings is 1. The molecule has 22 heavy (non-hydrogen) atoms. The van der Waals surface area contributed by atoms with E-state index in [1.54, 1.807) is 21.7 Å². The fourth-order valence-corrected chi connectivity index (χ4v) is 2.86. The summed E-state index contributed by atoms with van der Waals surface area (Å²) < 4.78 is 0. The van der Waals surface area contributed by atoms with Crippen LogP contribution in [-0.2, 0) is 13.1 Å². The van der Waals surface area contributed by atoms with Crippen molar-refractivity contribution < 1.29 is 4.79 Å². The Balaban J connectivity index is 1.86.